The third kappa shape index (κ3) is 3.30. The molecule has 104 valence electrons. The van der Waals surface area contributed by atoms with Crippen molar-refractivity contribution in [1.29, 1.82) is 0 Å². The maximum Gasteiger partial charge on any atom is 0.311 e. The molecule has 0 fully saturated rings. The predicted molar refractivity (Wildman–Crippen MR) is 78.0 cm³/mol. The Labute approximate surface area is 124 Å². The van der Waals surface area contributed by atoms with E-state index in [2.05, 4.69) is 15.9 Å². The molecule has 0 aliphatic carbocycles. The van der Waals surface area contributed by atoms with Crippen LogP contribution in [0.25, 0.3) is 0 Å². The van der Waals surface area contributed by atoms with Crippen LogP contribution in [0.15, 0.2) is 46.9 Å². The van der Waals surface area contributed by atoms with E-state index in [9.17, 15) is 20.1 Å². The Morgan fingerprint density at radius 3 is 2.55 bits per heavy atom. The fourth-order valence-corrected chi connectivity index (χ4v) is 2.44. The molecule has 3 N–H and O–H groups in total. The standard InChI is InChI=1S/C15H13BrO4/c16-11-4-5-14(18)10(6-11)8-13(15(19)20)9-2-1-3-12(17)7-9/h1-7,13,17-18H,8H2,(H,19,20). The zero-order chi connectivity index (χ0) is 14.7. The number of halogens is 1. The van der Waals surface area contributed by atoms with E-state index in [4.69, 9.17) is 0 Å². The maximum absolute atomic E-state index is 11.4. The Balaban J connectivity index is 2.35. The number of hydrogen-bond donors (Lipinski definition) is 3. The first-order valence-electron chi connectivity index (χ1n) is 5.96. The van der Waals surface area contributed by atoms with Crippen molar-refractivity contribution in [1.82, 2.24) is 0 Å². The number of phenols is 2. The number of hydrogen-bond acceptors (Lipinski definition) is 3. The first-order chi connectivity index (χ1) is 9.47. The van der Waals surface area contributed by atoms with Crippen LogP contribution < -0.4 is 0 Å². The highest BCUT2D eigenvalue weighted by Gasteiger charge is 2.22. The molecule has 2 aromatic carbocycles. The molecule has 20 heavy (non-hydrogen) atoms. The van der Waals surface area contributed by atoms with Crippen molar-refractivity contribution >= 4 is 21.9 Å². The van der Waals surface area contributed by atoms with Crippen molar-refractivity contribution in [2.75, 3.05) is 0 Å². The molecule has 2 rings (SSSR count). The van der Waals surface area contributed by atoms with Crippen LogP contribution in [0.2, 0.25) is 0 Å². The van der Waals surface area contributed by atoms with Gasteiger partial charge in [0.15, 0.2) is 0 Å². The second kappa shape index (κ2) is 5.96. The van der Waals surface area contributed by atoms with Crippen LogP contribution in [0, 0.1) is 0 Å². The van der Waals surface area contributed by atoms with Crippen LogP contribution in [-0.2, 0) is 11.2 Å². The van der Waals surface area contributed by atoms with E-state index in [1.54, 1.807) is 24.3 Å². The average Bonchev–Trinajstić information content (AvgIpc) is 2.39. The summed E-state index contributed by atoms with van der Waals surface area (Å²) in [5.74, 6) is -1.76. The van der Waals surface area contributed by atoms with Gasteiger partial charge in [-0.25, -0.2) is 0 Å². The molecule has 0 saturated heterocycles. The summed E-state index contributed by atoms with van der Waals surface area (Å²) in [6.07, 6.45) is 0.143. The molecule has 4 nitrogen and oxygen atoms in total. The molecule has 1 unspecified atom stereocenters. The quantitative estimate of drug-likeness (QED) is 0.800. The van der Waals surface area contributed by atoms with Crippen molar-refractivity contribution in [2.24, 2.45) is 0 Å². The topological polar surface area (TPSA) is 77.8 Å². The van der Waals surface area contributed by atoms with Gasteiger partial charge in [0, 0.05) is 4.47 Å². The van der Waals surface area contributed by atoms with Crippen molar-refractivity contribution < 1.29 is 20.1 Å². The Kier molecular flexibility index (Phi) is 4.29. The van der Waals surface area contributed by atoms with Crippen LogP contribution in [0.1, 0.15) is 17.0 Å². The molecular weight excluding hydrogens is 324 g/mol. The van der Waals surface area contributed by atoms with Gasteiger partial charge >= 0.3 is 5.97 Å². The molecule has 0 aromatic heterocycles. The Hall–Kier alpha value is -2.01. The van der Waals surface area contributed by atoms with Gasteiger partial charge < -0.3 is 15.3 Å². The lowest BCUT2D eigenvalue weighted by atomic mass is 9.91. The highest BCUT2D eigenvalue weighted by atomic mass is 79.9. The number of carboxylic acids is 1. The van der Waals surface area contributed by atoms with Crippen LogP contribution in [0.5, 0.6) is 11.5 Å². The van der Waals surface area contributed by atoms with Crippen LogP contribution >= 0.6 is 15.9 Å². The van der Waals surface area contributed by atoms with E-state index in [0.29, 0.717) is 11.1 Å². The molecule has 0 aliphatic heterocycles. The van der Waals surface area contributed by atoms with Gasteiger partial charge in [0.05, 0.1) is 5.92 Å². The molecule has 0 saturated carbocycles. The zero-order valence-corrected chi connectivity index (χ0v) is 12.0. The summed E-state index contributed by atoms with van der Waals surface area (Å²) in [5, 5.41) is 28.6. The van der Waals surface area contributed by atoms with Gasteiger partial charge in [0.2, 0.25) is 0 Å². The van der Waals surface area contributed by atoms with Gasteiger partial charge in [-0.1, -0.05) is 28.1 Å². The second-order valence-corrected chi connectivity index (χ2v) is 5.38. The average molecular weight is 337 g/mol. The predicted octanol–water partition coefficient (Wildman–Crippen LogP) is 3.27. The molecule has 0 spiro atoms. The van der Waals surface area contributed by atoms with Crippen molar-refractivity contribution in [3.05, 3.63) is 58.1 Å². The van der Waals surface area contributed by atoms with Gasteiger partial charge in [-0.3, -0.25) is 4.79 Å². The minimum atomic E-state index is -1.00. The van der Waals surface area contributed by atoms with Gasteiger partial charge in [-0.15, -0.1) is 0 Å². The highest BCUT2D eigenvalue weighted by molar-refractivity contribution is 9.10. The highest BCUT2D eigenvalue weighted by Crippen LogP contribution is 2.29. The van der Waals surface area contributed by atoms with E-state index >= 15 is 0 Å². The number of rotatable bonds is 4. The lowest BCUT2D eigenvalue weighted by molar-refractivity contribution is -0.138. The molecular formula is C15H13BrO4. The van der Waals surface area contributed by atoms with E-state index in [1.807, 2.05) is 0 Å². The monoisotopic (exact) mass is 336 g/mol. The number of aromatic hydroxyl groups is 2. The number of benzene rings is 2. The number of aliphatic carboxylic acids is 1. The summed E-state index contributed by atoms with van der Waals surface area (Å²) in [6.45, 7) is 0. The fourth-order valence-electron chi connectivity index (χ4n) is 2.03. The smallest absolute Gasteiger partial charge is 0.311 e. The SMILES string of the molecule is O=C(O)C(Cc1cc(Br)ccc1O)c1cccc(O)c1. The van der Waals surface area contributed by atoms with E-state index in [0.717, 1.165) is 4.47 Å². The minimum absolute atomic E-state index is 0.0206. The van der Waals surface area contributed by atoms with Crippen LogP contribution in [0.4, 0.5) is 0 Å². The molecule has 0 aliphatic rings. The zero-order valence-electron chi connectivity index (χ0n) is 10.5. The third-order valence-electron chi connectivity index (χ3n) is 3.04. The number of carbonyl (C=O) groups is 1. The Morgan fingerprint density at radius 2 is 1.90 bits per heavy atom. The van der Waals surface area contributed by atoms with Crippen molar-refractivity contribution in [3.63, 3.8) is 0 Å². The summed E-state index contributed by atoms with van der Waals surface area (Å²) < 4.78 is 0.769. The van der Waals surface area contributed by atoms with E-state index in [1.165, 1.54) is 18.2 Å². The van der Waals surface area contributed by atoms with Crippen molar-refractivity contribution in [3.8, 4) is 11.5 Å². The molecule has 1 atom stereocenters. The molecule has 2 aromatic rings. The molecule has 5 heteroatoms. The summed E-state index contributed by atoms with van der Waals surface area (Å²) in [7, 11) is 0. The first kappa shape index (κ1) is 14.4. The summed E-state index contributed by atoms with van der Waals surface area (Å²) in [6, 6.07) is 11.0. The van der Waals surface area contributed by atoms with Gasteiger partial charge in [0.25, 0.3) is 0 Å². The second-order valence-electron chi connectivity index (χ2n) is 4.46. The summed E-state index contributed by atoms with van der Waals surface area (Å²) in [4.78, 5) is 11.4. The first-order valence-corrected chi connectivity index (χ1v) is 6.76. The van der Waals surface area contributed by atoms with Crippen LogP contribution in [0.3, 0.4) is 0 Å². The lowest BCUT2D eigenvalue weighted by Gasteiger charge is -2.14. The Morgan fingerprint density at radius 1 is 1.15 bits per heavy atom. The number of carboxylic acid groups (broad SMARTS) is 1. The van der Waals surface area contributed by atoms with Crippen molar-refractivity contribution in [2.45, 2.75) is 12.3 Å². The Bertz CT molecular complexity index is 640. The number of phenolic OH excluding ortho intramolecular Hbond substituents is 2. The van der Waals surface area contributed by atoms with E-state index < -0.39 is 11.9 Å². The largest absolute Gasteiger partial charge is 0.508 e. The van der Waals surface area contributed by atoms with Crippen LogP contribution in [-0.4, -0.2) is 21.3 Å². The normalized spacial score (nSPS) is 12.1. The van der Waals surface area contributed by atoms with Gasteiger partial charge in [-0.05, 0) is 47.9 Å². The molecule has 0 amide bonds. The fraction of sp³-hybridized carbons (Fsp3) is 0.133. The minimum Gasteiger partial charge on any atom is -0.508 e. The van der Waals surface area contributed by atoms with Gasteiger partial charge in [-0.2, -0.15) is 0 Å². The molecule has 0 radical (unpaired) electrons. The summed E-state index contributed by atoms with van der Waals surface area (Å²) in [5.41, 5.74) is 1.03. The van der Waals surface area contributed by atoms with E-state index in [-0.39, 0.29) is 17.9 Å². The lowest BCUT2D eigenvalue weighted by Crippen LogP contribution is -2.14. The summed E-state index contributed by atoms with van der Waals surface area (Å²) >= 11 is 3.29. The third-order valence-corrected chi connectivity index (χ3v) is 3.53. The molecule has 0 heterocycles. The maximum atomic E-state index is 11.4. The van der Waals surface area contributed by atoms with Gasteiger partial charge in [0.1, 0.15) is 11.5 Å². The molecule has 0 bridgehead atoms.